The lowest BCUT2D eigenvalue weighted by molar-refractivity contribution is 0.307. The smallest absolute Gasteiger partial charge is 0.185 e. The summed E-state index contributed by atoms with van der Waals surface area (Å²) < 4.78 is 49.7. The Morgan fingerprint density at radius 2 is 1.91 bits per heavy atom. The van der Waals surface area contributed by atoms with Crippen LogP contribution in [0.5, 0.6) is 0 Å². The first-order valence-corrected chi connectivity index (χ1v) is 9.04. The highest BCUT2D eigenvalue weighted by atomic mass is 32.2. The van der Waals surface area contributed by atoms with Crippen LogP contribution in [0.1, 0.15) is 0 Å². The summed E-state index contributed by atoms with van der Waals surface area (Å²) in [5.74, 6) is -1.16. The van der Waals surface area contributed by atoms with E-state index in [0.717, 1.165) is 6.07 Å². The summed E-state index contributed by atoms with van der Waals surface area (Å²) >= 11 is 0. The van der Waals surface area contributed by atoms with Crippen molar-refractivity contribution in [1.29, 1.82) is 0 Å². The summed E-state index contributed by atoms with van der Waals surface area (Å²) in [5, 5.41) is 3.48. The fourth-order valence-electron chi connectivity index (χ4n) is 2.52. The van der Waals surface area contributed by atoms with Gasteiger partial charge in [-0.25, -0.2) is 27.2 Å². The van der Waals surface area contributed by atoms with Gasteiger partial charge in [0.25, 0.3) is 0 Å². The molecule has 1 aromatic carbocycles. The van der Waals surface area contributed by atoms with Gasteiger partial charge in [0.1, 0.15) is 17.7 Å². The fourth-order valence-corrected chi connectivity index (χ4v) is 3.80. The first-order valence-electron chi connectivity index (χ1n) is 7.22. The Balaban J connectivity index is 1.65. The van der Waals surface area contributed by atoms with Gasteiger partial charge in [-0.2, -0.15) is 0 Å². The molecule has 0 amide bonds. The van der Waals surface area contributed by atoms with Gasteiger partial charge in [0.15, 0.2) is 21.5 Å². The number of aromatic nitrogens is 2. The maximum absolute atomic E-state index is 13.7. The van der Waals surface area contributed by atoms with Crippen LogP contribution >= 0.6 is 0 Å². The molecule has 9 heteroatoms. The van der Waals surface area contributed by atoms with Crippen molar-refractivity contribution in [2.45, 2.75) is 0 Å². The Bertz CT molecular complexity index is 815. The molecule has 1 saturated heterocycles. The third-order valence-corrected chi connectivity index (χ3v) is 5.46. The Kier molecular flexibility index (Phi) is 4.40. The van der Waals surface area contributed by atoms with E-state index in [1.54, 1.807) is 0 Å². The highest BCUT2D eigenvalue weighted by Gasteiger charge is 2.21. The van der Waals surface area contributed by atoms with Crippen LogP contribution in [0.2, 0.25) is 0 Å². The molecule has 23 heavy (non-hydrogen) atoms. The maximum atomic E-state index is 13.7. The summed E-state index contributed by atoms with van der Waals surface area (Å²) in [6.07, 6.45) is 1.18. The Morgan fingerprint density at radius 1 is 1.17 bits per heavy atom. The number of hydrogen-bond donors (Lipinski definition) is 1. The minimum Gasteiger partial charge on any atom is -0.368 e. The normalized spacial score (nSPS) is 18.2. The average Bonchev–Trinajstić information content (AvgIpc) is 2.53. The molecule has 0 radical (unpaired) electrons. The van der Waals surface area contributed by atoms with E-state index in [2.05, 4.69) is 15.3 Å². The maximum Gasteiger partial charge on any atom is 0.185 e. The predicted molar refractivity (Wildman–Crippen MR) is 83.0 cm³/mol. The zero-order chi connectivity index (χ0) is 16.4. The van der Waals surface area contributed by atoms with E-state index >= 15 is 0 Å². The minimum atomic E-state index is -2.89. The highest BCUT2D eigenvalue weighted by Crippen LogP contribution is 2.23. The number of anilines is 1. The van der Waals surface area contributed by atoms with Gasteiger partial charge in [-0.3, -0.25) is 4.90 Å². The standard InChI is InChI=1S/C14H16F2N4O2S/c15-11-2-1-10-13(12(11)16)18-9-19-14(10)17-3-4-20-5-7-23(21,22)8-6-20/h1-2,9H,3-8H2,(H,17,18,19). The van der Waals surface area contributed by atoms with Gasteiger partial charge in [-0.1, -0.05) is 0 Å². The van der Waals surface area contributed by atoms with E-state index in [0.29, 0.717) is 37.4 Å². The van der Waals surface area contributed by atoms with Crippen molar-refractivity contribution < 1.29 is 17.2 Å². The highest BCUT2D eigenvalue weighted by molar-refractivity contribution is 7.91. The van der Waals surface area contributed by atoms with Crippen molar-refractivity contribution in [3.63, 3.8) is 0 Å². The van der Waals surface area contributed by atoms with Crippen LogP contribution in [0, 0.1) is 11.6 Å². The van der Waals surface area contributed by atoms with Crippen LogP contribution in [0.4, 0.5) is 14.6 Å². The average molecular weight is 342 g/mol. The number of halogens is 2. The van der Waals surface area contributed by atoms with Crippen LogP contribution in [0.15, 0.2) is 18.5 Å². The number of benzene rings is 1. The Labute approximate surface area is 132 Å². The fraction of sp³-hybridized carbons (Fsp3) is 0.429. The molecule has 0 saturated carbocycles. The van der Waals surface area contributed by atoms with Gasteiger partial charge in [-0.05, 0) is 12.1 Å². The molecule has 0 atom stereocenters. The molecule has 0 bridgehead atoms. The predicted octanol–water partition coefficient (Wildman–Crippen LogP) is 1.05. The molecule has 124 valence electrons. The second-order valence-corrected chi connectivity index (χ2v) is 7.70. The molecule has 1 aromatic heterocycles. The van der Waals surface area contributed by atoms with Gasteiger partial charge in [-0.15, -0.1) is 0 Å². The van der Waals surface area contributed by atoms with Crippen LogP contribution in [-0.4, -0.2) is 61.0 Å². The summed E-state index contributed by atoms with van der Waals surface area (Å²) in [7, 11) is -2.89. The molecule has 3 rings (SSSR count). The lowest BCUT2D eigenvalue weighted by Crippen LogP contribution is -2.42. The first kappa shape index (κ1) is 16.0. The summed E-state index contributed by atoms with van der Waals surface area (Å²) in [4.78, 5) is 9.87. The van der Waals surface area contributed by atoms with Crippen molar-refractivity contribution in [2.24, 2.45) is 0 Å². The van der Waals surface area contributed by atoms with Gasteiger partial charge >= 0.3 is 0 Å². The Morgan fingerprint density at radius 3 is 2.65 bits per heavy atom. The first-order chi connectivity index (χ1) is 11.0. The van der Waals surface area contributed by atoms with Crippen molar-refractivity contribution in [3.05, 3.63) is 30.1 Å². The van der Waals surface area contributed by atoms with Gasteiger partial charge < -0.3 is 5.32 Å². The minimum absolute atomic E-state index is 0.0634. The molecule has 1 fully saturated rings. The molecule has 1 aliphatic heterocycles. The lowest BCUT2D eigenvalue weighted by Gasteiger charge is -2.26. The van der Waals surface area contributed by atoms with E-state index in [1.165, 1.54) is 12.4 Å². The zero-order valence-electron chi connectivity index (χ0n) is 12.3. The molecule has 2 aromatic rings. The van der Waals surface area contributed by atoms with E-state index < -0.39 is 21.5 Å². The van der Waals surface area contributed by atoms with Crippen LogP contribution in [0.25, 0.3) is 10.9 Å². The molecule has 0 aliphatic carbocycles. The largest absolute Gasteiger partial charge is 0.368 e. The molecule has 2 heterocycles. The molecular formula is C14H16F2N4O2S. The summed E-state index contributed by atoms with van der Waals surface area (Å²) in [5.41, 5.74) is -0.0634. The molecular weight excluding hydrogens is 326 g/mol. The topological polar surface area (TPSA) is 75.2 Å². The number of nitrogens with zero attached hydrogens (tertiary/aromatic N) is 3. The number of fused-ring (bicyclic) bond motifs is 1. The molecule has 6 nitrogen and oxygen atoms in total. The van der Waals surface area contributed by atoms with Crippen molar-refractivity contribution in [1.82, 2.24) is 14.9 Å². The molecule has 1 aliphatic rings. The van der Waals surface area contributed by atoms with E-state index in [9.17, 15) is 17.2 Å². The summed E-state index contributed by atoms with van der Waals surface area (Å²) in [6.45, 7) is 2.18. The van der Waals surface area contributed by atoms with Gasteiger partial charge in [0, 0.05) is 31.6 Å². The summed E-state index contributed by atoms with van der Waals surface area (Å²) in [6, 6.07) is 2.48. The van der Waals surface area contributed by atoms with E-state index in [4.69, 9.17) is 0 Å². The van der Waals surface area contributed by atoms with E-state index in [-0.39, 0.29) is 17.0 Å². The number of hydrogen-bond acceptors (Lipinski definition) is 6. The second-order valence-electron chi connectivity index (χ2n) is 5.40. The van der Waals surface area contributed by atoms with E-state index in [1.807, 2.05) is 4.90 Å². The number of rotatable bonds is 4. The van der Waals surface area contributed by atoms with Crippen LogP contribution in [0.3, 0.4) is 0 Å². The third-order valence-electron chi connectivity index (χ3n) is 3.86. The SMILES string of the molecule is O=S1(=O)CCN(CCNc2ncnc3c(F)c(F)ccc23)CC1. The van der Waals surface area contributed by atoms with Crippen LogP contribution in [-0.2, 0) is 9.84 Å². The van der Waals surface area contributed by atoms with Crippen molar-refractivity contribution in [3.8, 4) is 0 Å². The number of sulfone groups is 1. The van der Waals surface area contributed by atoms with Gasteiger partial charge in [0.2, 0.25) is 0 Å². The third kappa shape index (κ3) is 3.56. The quantitative estimate of drug-likeness (QED) is 0.895. The van der Waals surface area contributed by atoms with Crippen molar-refractivity contribution in [2.75, 3.05) is 43.0 Å². The van der Waals surface area contributed by atoms with Crippen molar-refractivity contribution >= 4 is 26.6 Å². The lowest BCUT2D eigenvalue weighted by atomic mass is 10.2. The molecule has 1 N–H and O–H groups in total. The molecule has 0 spiro atoms. The monoisotopic (exact) mass is 342 g/mol. The van der Waals surface area contributed by atoms with Gasteiger partial charge in [0.05, 0.1) is 11.5 Å². The second kappa shape index (κ2) is 6.32. The number of nitrogens with one attached hydrogen (secondary N) is 1. The zero-order valence-corrected chi connectivity index (χ0v) is 13.1. The molecule has 0 unspecified atom stereocenters. The Hall–Kier alpha value is -1.87. The van der Waals surface area contributed by atoms with Crippen LogP contribution < -0.4 is 5.32 Å².